The minimum atomic E-state index is -0.609. The largest absolute Gasteiger partial charge is 0.338 e. The second-order valence-corrected chi connectivity index (χ2v) is 7.13. The zero-order chi connectivity index (χ0) is 15.5. The second-order valence-electron chi connectivity index (χ2n) is 7.13. The van der Waals surface area contributed by atoms with Crippen molar-refractivity contribution in [1.29, 1.82) is 0 Å². The number of imide groups is 1. The van der Waals surface area contributed by atoms with Gasteiger partial charge in [0.05, 0.1) is 6.04 Å². The van der Waals surface area contributed by atoms with Gasteiger partial charge in [0, 0.05) is 25.6 Å². The third kappa shape index (κ3) is 1.75. The van der Waals surface area contributed by atoms with Gasteiger partial charge in [0.2, 0.25) is 5.91 Å². The van der Waals surface area contributed by atoms with E-state index in [2.05, 4.69) is 6.92 Å². The van der Waals surface area contributed by atoms with Gasteiger partial charge in [-0.05, 0) is 32.1 Å². The number of fused-ring (bicyclic) bond motifs is 1. The fourth-order valence-corrected chi connectivity index (χ4v) is 4.55. The summed E-state index contributed by atoms with van der Waals surface area (Å²) in [6.45, 7) is 3.27. The highest BCUT2D eigenvalue weighted by Crippen LogP contribution is 2.43. The molecule has 3 aliphatic heterocycles. The molecule has 2 atom stereocenters. The van der Waals surface area contributed by atoms with E-state index in [1.54, 1.807) is 4.90 Å². The van der Waals surface area contributed by atoms with Gasteiger partial charge in [-0.1, -0.05) is 13.3 Å². The Hall–Kier alpha value is -1.59. The van der Waals surface area contributed by atoms with Crippen molar-refractivity contribution < 1.29 is 14.4 Å². The van der Waals surface area contributed by atoms with E-state index in [1.807, 2.05) is 4.90 Å². The summed E-state index contributed by atoms with van der Waals surface area (Å²) in [7, 11) is 0. The lowest BCUT2D eigenvalue weighted by Crippen LogP contribution is -2.46. The Labute approximate surface area is 130 Å². The summed E-state index contributed by atoms with van der Waals surface area (Å²) in [6, 6.07) is -0.0615. The number of nitrogens with zero attached hydrogens (tertiary/aromatic N) is 3. The molecular weight excluding hydrogens is 282 g/mol. The molecule has 0 N–H and O–H groups in total. The predicted molar refractivity (Wildman–Crippen MR) is 79.0 cm³/mol. The van der Waals surface area contributed by atoms with Crippen LogP contribution in [0, 0.1) is 0 Å². The van der Waals surface area contributed by atoms with Crippen LogP contribution in [0.5, 0.6) is 0 Å². The first-order chi connectivity index (χ1) is 10.6. The molecule has 3 saturated heterocycles. The van der Waals surface area contributed by atoms with Crippen molar-refractivity contribution in [2.45, 2.75) is 69.5 Å². The topological polar surface area (TPSA) is 60.9 Å². The summed E-state index contributed by atoms with van der Waals surface area (Å²) in [5.74, 6) is 0.0528. The molecule has 4 aliphatic rings. The van der Waals surface area contributed by atoms with Crippen LogP contribution in [0.4, 0.5) is 4.79 Å². The highest BCUT2D eigenvalue weighted by atomic mass is 16.2. The van der Waals surface area contributed by atoms with Gasteiger partial charge < -0.3 is 9.80 Å². The molecule has 3 heterocycles. The highest BCUT2D eigenvalue weighted by Gasteiger charge is 2.61. The van der Waals surface area contributed by atoms with Gasteiger partial charge in [0.1, 0.15) is 5.54 Å². The van der Waals surface area contributed by atoms with Crippen molar-refractivity contribution in [3.05, 3.63) is 0 Å². The van der Waals surface area contributed by atoms with Crippen LogP contribution < -0.4 is 0 Å². The summed E-state index contributed by atoms with van der Waals surface area (Å²) in [5, 5.41) is 0. The maximum Gasteiger partial charge on any atom is 0.328 e. The highest BCUT2D eigenvalue weighted by molar-refractivity contribution is 6.08. The lowest BCUT2D eigenvalue weighted by Gasteiger charge is -2.27. The Morgan fingerprint density at radius 3 is 2.64 bits per heavy atom. The number of likely N-dealkylation sites (tertiary alicyclic amines) is 1. The van der Waals surface area contributed by atoms with Crippen LogP contribution in [0.25, 0.3) is 0 Å². The third-order valence-corrected chi connectivity index (χ3v) is 5.70. The first-order valence-corrected chi connectivity index (χ1v) is 8.53. The van der Waals surface area contributed by atoms with E-state index in [0.717, 1.165) is 38.5 Å². The molecule has 1 saturated carbocycles. The van der Waals surface area contributed by atoms with Crippen LogP contribution in [0.15, 0.2) is 0 Å². The Kier molecular flexibility index (Phi) is 3.00. The normalized spacial score (nSPS) is 35.0. The van der Waals surface area contributed by atoms with Gasteiger partial charge in [0.25, 0.3) is 5.91 Å². The SMILES string of the molecule is CCC[C@@]12CCCN1C(=O)N([C@@H]1CC(=O)N(C3CC3)C1)C2=O. The number of carbonyl (C=O) groups excluding carboxylic acids is 3. The second kappa shape index (κ2) is 4.70. The molecule has 4 amide bonds. The van der Waals surface area contributed by atoms with Gasteiger partial charge in [0.15, 0.2) is 0 Å². The molecule has 1 aliphatic carbocycles. The molecule has 0 aromatic carbocycles. The van der Waals surface area contributed by atoms with Crippen molar-refractivity contribution in [2.24, 2.45) is 0 Å². The molecule has 0 radical (unpaired) electrons. The zero-order valence-corrected chi connectivity index (χ0v) is 13.1. The molecule has 6 nitrogen and oxygen atoms in total. The molecule has 120 valence electrons. The van der Waals surface area contributed by atoms with Crippen molar-refractivity contribution in [2.75, 3.05) is 13.1 Å². The first kappa shape index (κ1) is 14.0. The van der Waals surface area contributed by atoms with Gasteiger partial charge in [-0.3, -0.25) is 14.5 Å². The molecule has 6 heteroatoms. The minimum absolute atomic E-state index is 0.0488. The van der Waals surface area contributed by atoms with Gasteiger partial charge in [-0.15, -0.1) is 0 Å². The van der Waals surface area contributed by atoms with Crippen LogP contribution in [-0.4, -0.2) is 63.3 Å². The summed E-state index contributed by atoms with van der Waals surface area (Å²) in [5.41, 5.74) is -0.609. The van der Waals surface area contributed by atoms with Crippen molar-refractivity contribution in [1.82, 2.24) is 14.7 Å². The van der Waals surface area contributed by atoms with Crippen LogP contribution in [-0.2, 0) is 9.59 Å². The molecular formula is C16H23N3O3. The van der Waals surface area contributed by atoms with Gasteiger partial charge >= 0.3 is 6.03 Å². The van der Waals surface area contributed by atoms with E-state index in [1.165, 1.54) is 4.90 Å². The maximum absolute atomic E-state index is 13.0. The maximum atomic E-state index is 13.0. The van der Waals surface area contributed by atoms with E-state index in [-0.39, 0.29) is 23.9 Å². The Bertz CT molecular complexity index is 545. The van der Waals surface area contributed by atoms with Crippen LogP contribution in [0.1, 0.15) is 51.9 Å². The average molecular weight is 305 g/mol. The smallest absolute Gasteiger partial charge is 0.328 e. The van der Waals surface area contributed by atoms with E-state index in [9.17, 15) is 14.4 Å². The fourth-order valence-electron chi connectivity index (χ4n) is 4.55. The Morgan fingerprint density at radius 2 is 1.95 bits per heavy atom. The average Bonchev–Trinajstić information content (AvgIpc) is 3.07. The Morgan fingerprint density at radius 1 is 1.18 bits per heavy atom. The quantitative estimate of drug-likeness (QED) is 0.737. The Balaban J connectivity index is 1.59. The summed E-state index contributed by atoms with van der Waals surface area (Å²) < 4.78 is 0. The number of rotatable bonds is 4. The van der Waals surface area contributed by atoms with Gasteiger partial charge in [-0.2, -0.15) is 0 Å². The lowest BCUT2D eigenvalue weighted by molar-refractivity contribution is -0.134. The van der Waals surface area contributed by atoms with E-state index >= 15 is 0 Å². The molecule has 22 heavy (non-hydrogen) atoms. The number of hydrogen-bond donors (Lipinski definition) is 0. The monoisotopic (exact) mass is 305 g/mol. The molecule has 0 unspecified atom stereocenters. The number of amides is 4. The lowest BCUT2D eigenvalue weighted by atomic mass is 9.90. The van der Waals surface area contributed by atoms with E-state index in [0.29, 0.717) is 25.6 Å². The fraction of sp³-hybridized carbons (Fsp3) is 0.812. The summed E-state index contributed by atoms with van der Waals surface area (Å²) in [6.07, 6.45) is 5.74. The van der Waals surface area contributed by atoms with Crippen molar-refractivity contribution >= 4 is 17.8 Å². The molecule has 0 spiro atoms. The molecule has 0 aromatic rings. The van der Waals surface area contributed by atoms with Crippen LogP contribution in [0.2, 0.25) is 0 Å². The van der Waals surface area contributed by atoms with E-state index in [4.69, 9.17) is 0 Å². The summed E-state index contributed by atoms with van der Waals surface area (Å²) in [4.78, 5) is 43.0. The first-order valence-electron chi connectivity index (χ1n) is 8.53. The third-order valence-electron chi connectivity index (χ3n) is 5.70. The molecule has 4 rings (SSSR count). The number of carbonyl (C=O) groups is 3. The predicted octanol–water partition coefficient (Wildman–Crippen LogP) is 1.35. The standard InChI is InChI=1S/C16H23N3O3/c1-2-6-16-7-3-8-18(16)15(22)19(14(16)21)12-9-13(20)17(10-12)11-4-5-11/h11-12H,2-10H2,1H3/t12-,16+/m1/s1. The van der Waals surface area contributed by atoms with E-state index < -0.39 is 5.54 Å². The summed E-state index contributed by atoms with van der Waals surface area (Å²) >= 11 is 0. The van der Waals surface area contributed by atoms with Crippen LogP contribution in [0.3, 0.4) is 0 Å². The molecule has 0 aromatic heterocycles. The minimum Gasteiger partial charge on any atom is -0.338 e. The molecule has 4 fully saturated rings. The van der Waals surface area contributed by atoms with Crippen LogP contribution >= 0.6 is 0 Å². The van der Waals surface area contributed by atoms with Crippen molar-refractivity contribution in [3.8, 4) is 0 Å². The zero-order valence-electron chi connectivity index (χ0n) is 13.1. The number of hydrogen-bond acceptors (Lipinski definition) is 3. The van der Waals surface area contributed by atoms with Gasteiger partial charge in [-0.25, -0.2) is 4.79 Å². The van der Waals surface area contributed by atoms with Crippen molar-refractivity contribution in [3.63, 3.8) is 0 Å². The molecule has 0 bridgehead atoms. The number of urea groups is 1.